The highest BCUT2D eigenvalue weighted by Gasteiger charge is 2.26. The maximum atomic E-state index is 11.2. The van der Waals surface area contributed by atoms with Crippen molar-refractivity contribution in [1.29, 1.82) is 0 Å². The third-order valence-corrected chi connectivity index (χ3v) is 2.51. The van der Waals surface area contributed by atoms with Gasteiger partial charge in [-0.3, -0.25) is 4.79 Å². The molecule has 13 heavy (non-hydrogen) atoms. The lowest BCUT2D eigenvalue weighted by Gasteiger charge is -2.32. The number of aryl methyl sites for hydroxylation is 1. The van der Waals surface area contributed by atoms with Crippen molar-refractivity contribution < 1.29 is 4.79 Å². The van der Waals surface area contributed by atoms with Crippen molar-refractivity contribution in [2.45, 2.75) is 19.8 Å². The first-order chi connectivity index (χ1) is 6.33. The summed E-state index contributed by atoms with van der Waals surface area (Å²) < 4.78 is 0. The summed E-state index contributed by atoms with van der Waals surface area (Å²) in [6, 6.07) is 8.11. The number of benzene rings is 1. The van der Waals surface area contributed by atoms with Crippen molar-refractivity contribution in [3.05, 3.63) is 29.8 Å². The topological polar surface area (TPSA) is 20.3 Å². The van der Waals surface area contributed by atoms with Crippen molar-refractivity contribution in [1.82, 2.24) is 0 Å². The number of carbonyl (C=O) groups is 1. The molecule has 2 heteroatoms. The van der Waals surface area contributed by atoms with Crippen LogP contribution in [0.1, 0.15) is 18.9 Å². The van der Waals surface area contributed by atoms with E-state index in [-0.39, 0.29) is 5.91 Å². The maximum Gasteiger partial charge on any atom is 0.228 e. The minimum absolute atomic E-state index is 0.251. The minimum Gasteiger partial charge on any atom is -0.312 e. The van der Waals surface area contributed by atoms with E-state index in [0.29, 0.717) is 6.42 Å². The molecule has 1 aliphatic heterocycles. The molecule has 0 atom stereocenters. The summed E-state index contributed by atoms with van der Waals surface area (Å²) in [5.41, 5.74) is 2.36. The summed E-state index contributed by atoms with van der Waals surface area (Å²) in [4.78, 5) is 13.1. The fraction of sp³-hybridized carbons (Fsp3) is 0.364. The summed E-state index contributed by atoms with van der Waals surface area (Å²) in [7, 11) is 0. The van der Waals surface area contributed by atoms with Crippen LogP contribution in [0, 0.1) is 0 Å². The van der Waals surface area contributed by atoms with E-state index in [1.807, 2.05) is 23.1 Å². The highest BCUT2D eigenvalue weighted by molar-refractivity contribution is 5.99. The van der Waals surface area contributed by atoms with Gasteiger partial charge in [-0.1, -0.05) is 25.1 Å². The third kappa shape index (κ3) is 1.32. The summed E-state index contributed by atoms with van der Waals surface area (Å²) in [5.74, 6) is 0.251. The zero-order valence-electron chi connectivity index (χ0n) is 7.79. The number of hydrogen-bond donors (Lipinski definition) is 0. The molecule has 1 amide bonds. The van der Waals surface area contributed by atoms with E-state index in [2.05, 4.69) is 13.0 Å². The monoisotopic (exact) mass is 175 g/mol. The number of para-hydroxylation sites is 1. The number of nitrogens with zero attached hydrogens (tertiary/aromatic N) is 1. The van der Waals surface area contributed by atoms with Gasteiger partial charge >= 0.3 is 0 Å². The molecule has 1 saturated heterocycles. The lowest BCUT2D eigenvalue weighted by Crippen LogP contribution is -2.43. The number of anilines is 1. The molecule has 0 unspecified atom stereocenters. The molecule has 0 bridgehead atoms. The van der Waals surface area contributed by atoms with Crippen LogP contribution in [0.5, 0.6) is 0 Å². The normalized spacial score (nSPS) is 15.8. The van der Waals surface area contributed by atoms with Crippen LogP contribution in [0.3, 0.4) is 0 Å². The van der Waals surface area contributed by atoms with Gasteiger partial charge in [-0.15, -0.1) is 0 Å². The molecule has 68 valence electrons. The first kappa shape index (κ1) is 8.30. The Kier molecular flexibility index (Phi) is 2.05. The highest BCUT2D eigenvalue weighted by atomic mass is 16.2. The fourth-order valence-corrected chi connectivity index (χ4v) is 1.64. The molecule has 0 radical (unpaired) electrons. The number of carbonyl (C=O) groups excluding carboxylic acids is 1. The van der Waals surface area contributed by atoms with Crippen molar-refractivity contribution in [3.63, 3.8) is 0 Å². The molecule has 0 saturated carbocycles. The van der Waals surface area contributed by atoms with Gasteiger partial charge in [-0.25, -0.2) is 0 Å². The van der Waals surface area contributed by atoms with Crippen LogP contribution in [-0.2, 0) is 11.2 Å². The zero-order valence-corrected chi connectivity index (χ0v) is 7.79. The van der Waals surface area contributed by atoms with Crippen molar-refractivity contribution in [2.75, 3.05) is 11.4 Å². The molecule has 1 aromatic carbocycles. The highest BCUT2D eigenvalue weighted by Crippen LogP contribution is 2.25. The predicted molar refractivity (Wildman–Crippen MR) is 52.8 cm³/mol. The van der Waals surface area contributed by atoms with Crippen molar-refractivity contribution in [2.24, 2.45) is 0 Å². The van der Waals surface area contributed by atoms with Crippen molar-refractivity contribution >= 4 is 11.6 Å². The quantitative estimate of drug-likeness (QED) is 0.629. The average Bonchev–Trinajstić information content (AvgIpc) is 2.16. The molecule has 2 nitrogen and oxygen atoms in total. The van der Waals surface area contributed by atoms with Crippen LogP contribution in [0.15, 0.2) is 24.3 Å². The van der Waals surface area contributed by atoms with Gasteiger partial charge in [0.2, 0.25) is 5.91 Å². The van der Waals surface area contributed by atoms with Crippen LogP contribution in [0.25, 0.3) is 0 Å². The molecule has 1 aromatic rings. The van der Waals surface area contributed by atoms with Crippen LogP contribution in [-0.4, -0.2) is 12.5 Å². The van der Waals surface area contributed by atoms with E-state index in [9.17, 15) is 4.79 Å². The Bertz CT molecular complexity index is 333. The lowest BCUT2D eigenvalue weighted by molar-refractivity contribution is -0.122. The Labute approximate surface area is 78.2 Å². The summed E-state index contributed by atoms with van der Waals surface area (Å²) in [5, 5.41) is 0. The minimum atomic E-state index is 0.251. The SMILES string of the molecule is CCc1ccccc1N1CCC1=O. The molecule has 0 spiro atoms. The number of amides is 1. The molecule has 2 rings (SSSR count). The average molecular weight is 175 g/mol. The molecule has 1 heterocycles. The second-order valence-corrected chi connectivity index (χ2v) is 3.28. The smallest absolute Gasteiger partial charge is 0.228 e. The first-order valence-corrected chi connectivity index (χ1v) is 4.71. The number of β-lactam (4-membered cyclic amide) rings is 1. The fourth-order valence-electron chi connectivity index (χ4n) is 1.64. The maximum absolute atomic E-state index is 11.2. The summed E-state index contributed by atoms with van der Waals surface area (Å²) >= 11 is 0. The van der Waals surface area contributed by atoms with E-state index in [1.54, 1.807) is 0 Å². The van der Waals surface area contributed by atoms with Gasteiger partial charge in [-0.2, -0.15) is 0 Å². The Morgan fingerprint density at radius 3 is 2.69 bits per heavy atom. The Balaban J connectivity index is 2.33. The van der Waals surface area contributed by atoms with Crippen LogP contribution < -0.4 is 4.90 Å². The standard InChI is InChI=1S/C11H13NO/c1-2-9-5-3-4-6-10(9)12-8-7-11(12)13/h3-6H,2,7-8H2,1H3. The van der Waals surface area contributed by atoms with E-state index in [0.717, 1.165) is 18.7 Å². The first-order valence-electron chi connectivity index (χ1n) is 4.71. The van der Waals surface area contributed by atoms with Gasteiger partial charge in [0.1, 0.15) is 0 Å². The van der Waals surface area contributed by atoms with E-state index in [1.165, 1.54) is 5.56 Å². The van der Waals surface area contributed by atoms with Crippen molar-refractivity contribution in [3.8, 4) is 0 Å². The van der Waals surface area contributed by atoms with Gasteiger partial charge in [-0.05, 0) is 18.1 Å². The van der Waals surface area contributed by atoms with E-state index < -0.39 is 0 Å². The van der Waals surface area contributed by atoms with Crippen LogP contribution in [0.4, 0.5) is 5.69 Å². The molecular formula is C11H13NO. The van der Waals surface area contributed by atoms with Gasteiger partial charge in [0.25, 0.3) is 0 Å². The second-order valence-electron chi connectivity index (χ2n) is 3.28. The van der Waals surface area contributed by atoms with Gasteiger partial charge in [0, 0.05) is 18.7 Å². The second kappa shape index (κ2) is 3.21. The summed E-state index contributed by atoms with van der Waals surface area (Å²) in [6.45, 7) is 3.00. The predicted octanol–water partition coefficient (Wildman–Crippen LogP) is 1.99. The van der Waals surface area contributed by atoms with Gasteiger partial charge in [0.15, 0.2) is 0 Å². The van der Waals surface area contributed by atoms with E-state index in [4.69, 9.17) is 0 Å². The molecule has 0 aliphatic carbocycles. The number of rotatable bonds is 2. The largest absolute Gasteiger partial charge is 0.312 e. The Morgan fingerprint density at radius 2 is 2.15 bits per heavy atom. The molecule has 1 aliphatic rings. The number of hydrogen-bond acceptors (Lipinski definition) is 1. The van der Waals surface area contributed by atoms with Gasteiger partial charge < -0.3 is 4.90 Å². The lowest BCUT2D eigenvalue weighted by atomic mass is 10.1. The Hall–Kier alpha value is -1.31. The Morgan fingerprint density at radius 1 is 1.38 bits per heavy atom. The van der Waals surface area contributed by atoms with Crippen LogP contribution in [0.2, 0.25) is 0 Å². The molecular weight excluding hydrogens is 162 g/mol. The van der Waals surface area contributed by atoms with Crippen LogP contribution >= 0.6 is 0 Å². The molecule has 0 aromatic heterocycles. The summed E-state index contributed by atoms with van der Waals surface area (Å²) in [6.07, 6.45) is 1.69. The third-order valence-electron chi connectivity index (χ3n) is 2.51. The van der Waals surface area contributed by atoms with E-state index >= 15 is 0 Å². The molecule has 1 fully saturated rings. The molecule has 0 N–H and O–H groups in total. The zero-order chi connectivity index (χ0) is 9.26. The van der Waals surface area contributed by atoms with Gasteiger partial charge in [0.05, 0.1) is 0 Å².